The van der Waals surface area contributed by atoms with Gasteiger partial charge in [-0.2, -0.15) is 4.31 Å². The fraction of sp³-hybridized carbons (Fsp3) is 0.346. The molecule has 0 bridgehead atoms. The Morgan fingerprint density at radius 3 is 2.41 bits per heavy atom. The normalized spacial score (nSPS) is 20.1. The molecule has 0 saturated carbocycles. The van der Waals surface area contributed by atoms with E-state index in [0.717, 1.165) is 30.0 Å². The van der Waals surface area contributed by atoms with E-state index in [-0.39, 0.29) is 17.9 Å². The van der Waals surface area contributed by atoms with Crippen LogP contribution in [-0.4, -0.2) is 31.7 Å². The Kier molecular flexibility index (Phi) is 5.74. The van der Waals surface area contributed by atoms with Crippen LogP contribution in [0.1, 0.15) is 42.9 Å². The first-order valence-corrected chi connectivity index (χ1v) is 12.8. The van der Waals surface area contributed by atoms with Crippen molar-refractivity contribution in [2.75, 3.05) is 13.1 Å². The van der Waals surface area contributed by atoms with Crippen LogP contribution >= 0.6 is 0 Å². The first kappa shape index (κ1) is 21.2. The van der Waals surface area contributed by atoms with Gasteiger partial charge in [0.05, 0.1) is 10.9 Å². The molecule has 166 valence electrons. The third kappa shape index (κ3) is 4.05. The van der Waals surface area contributed by atoms with Crippen LogP contribution in [0.2, 0.25) is 0 Å². The van der Waals surface area contributed by atoms with Gasteiger partial charge < -0.3 is 5.32 Å². The van der Waals surface area contributed by atoms with E-state index >= 15 is 0 Å². The Hall–Kier alpha value is -2.70. The lowest BCUT2D eigenvalue weighted by Gasteiger charge is -2.32. The number of hydrogen-bond donors (Lipinski definition) is 1. The van der Waals surface area contributed by atoms with Crippen molar-refractivity contribution in [1.82, 2.24) is 9.62 Å². The summed E-state index contributed by atoms with van der Waals surface area (Å²) in [5.41, 5.74) is 2.55. The predicted molar refractivity (Wildman–Crippen MR) is 126 cm³/mol. The van der Waals surface area contributed by atoms with Crippen LogP contribution in [0.25, 0.3) is 10.8 Å². The van der Waals surface area contributed by atoms with Crippen LogP contribution in [0, 0.1) is 5.92 Å². The monoisotopic (exact) mass is 448 g/mol. The van der Waals surface area contributed by atoms with Crippen molar-refractivity contribution in [3.8, 4) is 0 Å². The maximum absolute atomic E-state index is 13.2. The van der Waals surface area contributed by atoms with Crippen LogP contribution in [0.4, 0.5) is 0 Å². The molecule has 0 unspecified atom stereocenters. The van der Waals surface area contributed by atoms with Crippen molar-refractivity contribution < 1.29 is 13.2 Å². The number of rotatable bonds is 4. The minimum atomic E-state index is -3.57. The zero-order chi connectivity index (χ0) is 22.1. The summed E-state index contributed by atoms with van der Waals surface area (Å²) in [5, 5.41) is 5.18. The average molecular weight is 449 g/mol. The number of piperidine rings is 1. The summed E-state index contributed by atoms with van der Waals surface area (Å²) in [6, 6.07) is 21.4. The second kappa shape index (κ2) is 8.68. The van der Waals surface area contributed by atoms with Crippen LogP contribution in [0.5, 0.6) is 0 Å². The van der Waals surface area contributed by atoms with Gasteiger partial charge >= 0.3 is 0 Å². The van der Waals surface area contributed by atoms with E-state index in [1.807, 2.05) is 36.4 Å². The van der Waals surface area contributed by atoms with Gasteiger partial charge in [-0.25, -0.2) is 8.42 Å². The van der Waals surface area contributed by atoms with Crippen molar-refractivity contribution in [3.63, 3.8) is 0 Å². The lowest BCUT2D eigenvalue weighted by molar-refractivity contribution is -0.127. The molecule has 1 amide bonds. The highest BCUT2D eigenvalue weighted by Crippen LogP contribution is 2.31. The van der Waals surface area contributed by atoms with E-state index in [9.17, 15) is 13.2 Å². The molecule has 6 heteroatoms. The van der Waals surface area contributed by atoms with E-state index in [1.54, 1.807) is 12.1 Å². The number of aryl methyl sites for hydroxylation is 1. The number of nitrogens with one attached hydrogen (secondary N) is 1. The molecule has 3 aromatic rings. The largest absolute Gasteiger partial charge is 0.349 e. The van der Waals surface area contributed by atoms with Gasteiger partial charge in [0.2, 0.25) is 15.9 Å². The van der Waals surface area contributed by atoms with Gasteiger partial charge in [0, 0.05) is 19.0 Å². The number of nitrogens with zero attached hydrogens (tertiary/aromatic N) is 1. The molecule has 0 aromatic heterocycles. The third-order valence-electron chi connectivity index (χ3n) is 6.87. The van der Waals surface area contributed by atoms with Gasteiger partial charge in [-0.3, -0.25) is 4.79 Å². The Labute approximate surface area is 189 Å². The lowest BCUT2D eigenvalue weighted by Crippen LogP contribution is -2.44. The van der Waals surface area contributed by atoms with Gasteiger partial charge in [-0.15, -0.1) is 0 Å². The molecule has 2 aliphatic rings. The van der Waals surface area contributed by atoms with Crippen LogP contribution < -0.4 is 5.32 Å². The number of carbonyl (C=O) groups is 1. The number of amides is 1. The fourth-order valence-electron chi connectivity index (χ4n) is 5.03. The predicted octanol–water partition coefficient (Wildman–Crippen LogP) is 4.43. The number of sulfonamides is 1. The van der Waals surface area contributed by atoms with E-state index < -0.39 is 10.0 Å². The first-order chi connectivity index (χ1) is 15.5. The molecule has 5 nitrogen and oxygen atoms in total. The lowest BCUT2D eigenvalue weighted by atomic mass is 9.87. The zero-order valence-electron chi connectivity index (χ0n) is 18.0. The number of carbonyl (C=O) groups excluding carboxylic acids is 1. The van der Waals surface area contributed by atoms with Crippen molar-refractivity contribution in [1.29, 1.82) is 0 Å². The highest BCUT2D eigenvalue weighted by atomic mass is 32.2. The maximum Gasteiger partial charge on any atom is 0.243 e. The van der Waals surface area contributed by atoms with Gasteiger partial charge in [0.25, 0.3) is 0 Å². The molecule has 1 aliphatic heterocycles. The molecular formula is C26H28N2O3S. The summed E-state index contributed by atoms with van der Waals surface area (Å²) in [6.45, 7) is 0.739. The maximum atomic E-state index is 13.2. The third-order valence-corrected chi connectivity index (χ3v) is 8.76. The molecule has 1 aliphatic carbocycles. The smallest absolute Gasteiger partial charge is 0.243 e. The minimum Gasteiger partial charge on any atom is -0.349 e. The molecule has 1 N–H and O–H groups in total. The SMILES string of the molecule is O=C(N[C@H]1CCCc2ccccc21)C1CCN(S(=O)(=O)c2ccc3ccccc3c2)CC1. The van der Waals surface area contributed by atoms with Crippen molar-refractivity contribution in [2.45, 2.75) is 43.0 Å². The Bertz CT molecular complexity index is 1250. The molecule has 0 radical (unpaired) electrons. The molecule has 1 atom stereocenters. The van der Waals surface area contributed by atoms with E-state index in [1.165, 1.54) is 15.4 Å². The first-order valence-electron chi connectivity index (χ1n) is 11.4. The highest BCUT2D eigenvalue weighted by molar-refractivity contribution is 7.89. The van der Waals surface area contributed by atoms with Gasteiger partial charge in [0.15, 0.2) is 0 Å². The number of hydrogen-bond acceptors (Lipinski definition) is 3. The molecule has 3 aromatic carbocycles. The molecule has 1 fully saturated rings. The minimum absolute atomic E-state index is 0.0504. The molecule has 32 heavy (non-hydrogen) atoms. The van der Waals surface area contributed by atoms with E-state index in [4.69, 9.17) is 0 Å². The molecule has 0 spiro atoms. The highest BCUT2D eigenvalue weighted by Gasteiger charge is 2.33. The summed E-state index contributed by atoms with van der Waals surface area (Å²) in [5.74, 6) is -0.0957. The summed E-state index contributed by atoms with van der Waals surface area (Å²) in [4.78, 5) is 13.3. The summed E-state index contributed by atoms with van der Waals surface area (Å²) in [7, 11) is -3.57. The standard InChI is InChI=1S/C26H28N2O3S/c29-26(27-25-11-5-9-20-7-3-4-10-24(20)25)21-14-16-28(17-15-21)32(30,31)23-13-12-19-6-1-2-8-22(19)18-23/h1-4,6-8,10,12-13,18,21,25H,5,9,11,14-17H2,(H,27,29)/t25-/m0/s1. The number of benzene rings is 3. The van der Waals surface area contributed by atoms with Crippen LogP contribution in [0.3, 0.4) is 0 Å². The molecular weight excluding hydrogens is 420 g/mol. The van der Waals surface area contributed by atoms with E-state index in [0.29, 0.717) is 30.8 Å². The second-order valence-corrected chi connectivity index (χ2v) is 10.8. The number of fused-ring (bicyclic) bond motifs is 2. The Balaban J connectivity index is 1.24. The summed E-state index contributed by atoms with van der Waals surface area (Å²) >= 11 is 0. The Morgan fingerprint density at radius 2 is 1.59 bits per heavy atom. The molecule has 1 saturated heterocycles. The quantitative estimate of drug-likeness (QED) is 0.642. The average Bonchev–Trinajstić information content (AvgIpc) is 2.84. The topological polar surface area (TPSA) is 66.5 Å². The van der Waals surface area contributed by atoms with Gasteiger partial charge in [-0.1, -0.05) is 54.6 Å². The van der Waals surface area contributed by atoms with Crippen LogP contribution in [-0.2, 0) is 21.2 Å². The second-order valence-electron chi connectivity index (χ2n) is 8.84. The van der Waals surface area contributed by atoms with Crippen molar-refractivity contribution >= 4 is 26.7 Å². The van der Waals surface area contributed by atoms with Crippen LogP contribution in [0.15, 0.2) is 71.6 Å². The fourth-order valence-corrected chi connectivity index (χ4v) is 6.53. The van der Waals surface area contributed by atoms with Crippen molar-refractivity contribution in [3.05, 3.63) is 77.9 Å². The molecule has 1 heterocycles. The van der Waals surface area contributed by atoms with Gasteiger partial charge in [-0.05, 0) is 66.1 Å². The summed E-state index contributed by atoms with van der Waals surface area (Å²) < 4.78 is 27.9. The van der Waals surface area contributed by atoms with Crippen molar-refractivity contribution in [2.24, 2.45) is 5.92 Å². The summed E-state index contributed by atoms with van der Waals surface area (Å²) in [6.07, 6.45) is 4.19. The zero-order valence-corrected chi connectivity index (χ0v) is 18.9. The molecule has 5 rings (SSSR count). The van der Waals surface area contributed by atoms with Gasteiger partial charge in [0.1, 0.15) is 0 Å². The van der Waals surface area contributed by atoms with E-state index in [2.05, 4.69) is 23.5 Å². The Morgan fingerprint density at radius 1 is 0.875 bits per heavy atom.